The van der Waals surface area contributed by atoms with Crippen LogP contribution in [-0.4, -0.2) is 17.4 Å². The smallest absolute Gasteiger partial charge is 0.336 e. The molecule has 0 saturated heterocycles. The van der Waals surface area contributed by atoms with Gasteiger partial charge in [-0.15, -0.1) is 0 Å². The minimum Gasteiger partial charge on any atom is -0.428 e. The third-order valence-electron chi connectivity index (χ3n) is 2.99. The lowest BCUT2D eigenvalue weighted by molar-refractivity contribution is -0.152. The van der Waals surface area contributed by atoms with Gasteiger partial charge in [0.05, 0.1) is 0 Å². The molecule has 72 valence electrons. The quantitative estimate of drug-likeness (QED) is 0.575. The Labute approximate surface area is 77.4 Å². The Morgan fingerprint density at radius 1 is 1.54 bits per heavy atom. The van der Waals surface area contributed by atoms with Crippen LogP contribution in [0.15, 0.2) is 11.1 Å². The Hall–Kier alpha value is -0.830. The number of aliphatic hydroxyl groups excluding tert-OH is 1. The highest BCUT2D eigenvalue weighted by molar-refractivity contribution is 5.92. The Bertz CT molecular complexity index is 289. The minimum absolute atomic E-state index is 0.0842. The van der Waals surface area contributed by atoms with Crippen LogP contribution in [0.5, 0.6) is 0 Å². The first-order valence-electron chi connectivity index (χ1n) is 4.65. The molecule has 0 radical (unpaired) electrons. The molecule has 0 aromatic heterocycles. The summed E-state index contributed by atoms with van der Waals surface area (Å²) in [7, 11) is 0. The molecule has 3 nitrogen and oxygen atoms in total. The van der Waals surface area contributed by atoms with Gasteiger partial charge in [-0.1, -0.05) is 13.8 Å². The van der Waals surface area contributed by atoms with Crippen LogP contribution in [0.4, 0.5) is 0 Å². The molecule has 0 unspecified atom stereocenters. The summed E-state index contributed by atoms with van der Waals surface area (Å²) in [5, 5.41) is 9.53. The van der Waals surface area contributed by atoms with E-state index in [0.29, 0.717) is 5.57 Å². The van der Waals surface area contributed by atoms with Crippen molar-refractivity contribution in [3.8, 4) is 0 Å². The molecule has 1 aliphatic carbocycles. The van der Waals surface area contributed by atoms with Crippen LogP contribution in [0, 0.1) is 5.41 Å². The molecule has 1 aliphatic heterocycles. The van der Waals surface area contributed by atoms with E-state index in [2.05, 4.69) is 0 Å². The highest BCUT2D eigenvalue weighted by Gasteiger charge is 2.43. The number of hydrogen-bond acceptors (Lipinski definition) is 3. The number of carbonyl (C=O) groups is 1. The standard InChI is InChI=1S/C10H14O3/c1-10(2)5-3-4-6-7(10)9(12)13-8(6)11/h9,12H,3-5H2,1-2H3/t9-/m0/s1. The summed E-state index contributed by atoms with van der Waals surface area (Å²) in [6.45, 7) is 4.10. The molecule has 1 atom stereocenters. The number of cyclic esters (lactones) is 1. The van der Waals surface area contributed by atoms with Crippen LogP contribution in [0.3, 0.4) is 0 Å². The van der Waals surface area contributed by atoms with E-state index in [4.69, 9.17) is 4.74 Å². The van der Waals surface area contributed by atoms with Crippen molar-refractivity contribution < 1.29 is 14.6 Å². The van der Waals surface area contributed by atoms with E-state index in [1.165, 1.54) is 0 Å². The van der Waals surface area contributed by atoms with Crippen LogP contribution in [0.2, 0.25) is 0 Å². The molecule has 0 amide bonds. The lowest BCUT2D eigenvalue weighted by Gasteiger charge is -2.31. The second-order valence-electron chi connectivity index (χ2n) is 4.39. The maximum absolute atomic E-state index is 11.3. The number of aliphatic hydroxyl groups is 1. The van der Waals surface area contributed by atoms with Gasteiger partial charge in [0.25, 0.3) is 0 Å². The Balaban J connectivity index is 2.46. The first-order chi connectivity index (χ1) is 6.02. The second-order valence-corrected chi connectivity index (χ2v) is 4.39. The number of ether oxygens (including phenoxy) is 1. The van der Waals surface area contributed by atoms with Gasteiger partial charge in [-0.2, -0.15) is 0 Å². The highest BCUT2D eigenvalue weighted by atomic mass is 16.6. The second kappa shape index (κ2) is 2.58. The topological polar surface area (TPSA) is 46.5 Å². The van der Waals surface area contributed by atoms with Gasteiger partial charge in [0.2, 0.25) is 6.29 Å². The highest BCUT2D eigenvalue weighted by Crippen LogP contribution is 2.45. The molecule has 13 heavy (non-hydrogen) atoms. The van der Waals surface area contributed by atoms with Crippen molar-refractivity contribution >= 4 is 5.97 Å². The summed E-state index contributed by atoms with van der Waals surface area (Å²) in [6.07, 6.45) is 1.79. The van der Waals surface area contributed by atoms with Crippen molar-refractivity contribution in [2.75, 3.05) is 0 Å². The van der Waals surface area contributed by atoms with Gasteiger partial charge in [-0.25, -0.2) is 4.79 Å². The third kappa shape index (κ3) is 1.18. The molecule has 0 saturated carbocycles. The zero-order valence-electron chi connectivity index (χ0n) is 7.96. The van der Waals surface area contributed by atoms with Crippen LogP contribution in [-0.2, 0) is 9.53 Å². The fraction of sp³-hybridized carbons (Fsp3) is 0.700. The summed E-state index contributed by atoms with van der Waals surface area (Å²) < 4.78 is 4.79. The minimum atomic E-state index is -0.988. The van der Waals surface area contributed by atoms with Crippen LogP contribution in [0.25, 0.3) is 0 Å². The van der Waals surface area contributed by atoms with Crippen LogP contribution >= 0.6 is 0 Å². The van der Waals surface area contributed by atoms with Crippen molar-refractivity contribution in [3.63, 3.8) is 0 Å². The molecular weight excluding hydrogens is 168 g/mol. The molecular formula is C10H14O3. The summed E-state index contributed by atoms with van der Waals surface area (Å²) in [6, 6.07) is 0. The van der Waals surface area contributed by atoms with E-state index in [9.17, 15) is 9.90 Å². The van der Waals surface area contributed by atoms with E-state index < -0.39 is 6.29 Å². The first kappa shape index (κ1) is 8.75. The molecule has 2 aliphatic rings. The van der Waals surface area contributed by atoms with Crippen LogP contribution < -0.4 is 0 Å². The predicted octanol–water partition coefficient (Wildman–Crippen LogP) is 1.37. The Morgan fingerprint density at radius 2 is 2.23 bits per heavy atom. The molecule has 0 spiro atoms. The Morgan fingerprint density at radius 3 is 2.85 bits per heavy atom. The summed E-state index contributed by atoms with van der Waals surface area (Å²) in [5.74, 6) is -0.324. The molecule has 1 N–H and O–H groups in total. The van der Waals surface area contributed by atoms with Gasteiger partial charge in [0.15, 0.2) is 0 Å². The molecule has 0 fully saturated rings. The molecule has 0 aromatic rings. The monoisotopic (exact) mass is 182 g/mol. The zero-order valence-corrected chi connectivity index (χ0v) is 7.96. The maximum Gasteiger partial charge on any atom is 0.336 e. The number of esters is 1. The summed E-state index contributed by atoms with van der Waals surface area (Å²) in [5.41, 5.74) is 1.44. The molecule has 0 bridgehead atoms. The fourth-order valence-corrected chi connectivity index (χ4v) is 2.31. The van der Waals surface area contributed by atoms with Gasteiger partial charge in [-0.05, 0) is 24.7 Å². The van der Waals surface area contributed by atoms with Crippen molar-refractivity contribution in [2.45, 2.75) is 39.4 Å². The van der Waals surface area contributed by atoms with Crippen molar-refractivity contribution in [3.05, 3.63) is 11.1 Å². The predicted molar refractivity (Wildman–Crippen MR) is 46.8 cm³/mol. The van der Waals surface area contributed by atoms with E-state index in [0.717, 1.165) is 24.8 Å². The van der Waals surface area contributed by atoms with Crippen LogP contribution in [0.1, 0.15) is 33.1 Å². The fourth-order valence-electron chi connectivity index (χ4n) is 2.31. The van der Waals surface area contributed by atoms with Gasteiger partial charge in [0, 0.05) is 11.1 Å². The van der Waals surface area contributed by atoms with Gasteiger partial charge >= 0.3 is 5.97 Å². The number of rotatable bonds is 0. The molecule has 2 rings (SSSR count). The summed E-state index contributed by atoms with van der Waals surface area (Å²) >= 11 is 0. The lowest BCUT2D eigenvalue weighted by atomic mass is 9.73. The Kier molecular flexibility index (Phi) is 1.74. The largest absolute Gasteiger partial charge is 0.428 e. The molecule has 3 heteroatoms. The first-order valence-corrected chi connectivity index (χ1v) is 4.65. The van der Waals surface area contributed by atoms with Crippen molar-refractivity contribution in [2.24, 2.45) is 5.41 Å². The van der Waals surface area contributed by atoms with Gasteiger partial charge in [0.1, 0.15) is 0 Å². The third-order valence-corrected chi connectivity index (χ3v) is 2.99. The van der Waals surface area contributed by atoms with Crippen molar-refractivity contribution in [1.82, 2.24) is 0 Å². The van der Waals surface area contributed by atoms with E-state index in [1.54, 1.807) is 0 Å². The van der Waals surface area contributed by atoms with Gasteiger partial charge in [-0.3, -0.25) is 0 Å². The summed E-state index contributed by atoms with van der Waals surface area (Å²) in [4.78, 5) is 11.3. The number of carbonyl (C=O) groups excluding carboxylic acids is 1. The average Bonchev–Trinajstić information content (AvgIpc) is 2.27. The maximum atomic E-state index is 11.3. The lowest BCUT2D eigenvalue weighted by Crippen LogP contribution is -2.25. The van der Waals surface area contributed by atoms with E-state index in [-0.39, 0.29) is 11.4 Å². The molecule has 1 heterocycles. The van der Waals surface area contributed by atoms with E-state index >= 15 is 0 Å². The van der Waals surface area contributed by atoms with Crippen molar-refractivity contribution in [1.29, 1.82) is 0 Å². The molecule has 0 aromatic carbocycles. The SMILES string of the molecule is CC1(C)CCCC2=C1[C@@H](O)OC2=O. The normalized spacial score (nSPS) is 31.6. The average molecular weight is 182 g/mol. The van der Waals surface area contributed by atoms with E-state index in [1.807, 2.05) is 13.8 Å². The zero-order chi connectivity index (χ0) is 9.64. The number of hydrogen-bond donors (Lipinski definition) is 1. The van der Waals surface area contributed by atoms with Gasteiger partial charge < -0.3 is 9.84 Å².